The van der Waals surface area contributed by atoms with E-state index in [-0.39, 0.29) is 0 Å². The molecule has 1 rings (SSSR count). The Balaban J connectivity index is 2.14. The predicted molar refractivity (Wildman–Crippen MR) is 42.2 cm³/mol. The third-order valence-electron chi connectivity index (χ3n) is 1.89. The number of hydrogen-bond acceptors (Lipinski definition) is 3. The van der Waals surface area contributed by atoms with E-state index in [4.69, 9.17) is 0 Å². The van der Waals surface area contributed by atoms with Crippen LogP contribution in [0.5, 0.6) is 0 Å². The molecule has 1 aliphatic heterocycles. The molecule has 0 spiro atoms. The van der Waals surface area contributed by atoms with Gasteiger partial charge in [-0.1, -0.05) is 13.3 Å². The second kappa shape index (κ2) is 3.91. The number of hydrogen-bond donors (Lipinski definition) is 1. The average molecular weight is 143 g/mol. The first kappa shape index (κ1) is 7.98. The largest absolute Gasteiger partial charge is 0.289 e. The highest BCUT2D eigenvalue weighted by Gasteiger charge is 2.15. The van der Waals surface area contributed by atoms with Crippen LogP contribution in [0, 0.1) is 0 Å². The molecule has 0 aliphatic carbocycles. The Hall–Kier alpha value is -0.120. The Bertz CT molecular complexity index is 94.9. The number of nitrogens with zero attached hydrogens (tertiary/aromatic N) is 2. The van der Waals surface area contributed by atoms with Crippen LogP contribution >= 0.6 is 0 Å². The maximum atomic E-state index is 3.28. The molecular formula is C7H17N3. The Morgan fingerprint density at radius 1 is 1.40 bits per heavy atom. The summed E-state index contributed by atoms with van der Waals surface area (Å²) in [5.74, 6) is 0. The third kappa shape index (κ3) is 1.94. The van der Waals surface area contributed by atoms with Crippen LogP contribution in [0.4, 0.5) is 0 Å². The molecule has 3 nitrogen and oxygen atoms in total. The van der Waals surface area contributed by atoms with Crippen molar-refractivity contribution in [2.75, 3.05) is 26.9 Å². The van der Waals surface area contributed by atoms with Gasteiger partial charge in [-0.05, 0) is 6.42 Å². The van der Waals surface area contributed by atoms with Gasteiger partial charge in [0.25, 0.3) is 0 Å². The van der Waals surface area contributed by atoms with Gasteiger partial charge in [0.15, 0.2) is 0 Å². The van der Waals surface area contributed by atoms with E-state index in [1.165, 1.54) is 19.4 Å². The van der Waals surface area contributed by atoms with Gasteiger partial charge in [-0.3, -0.25) is 5.32 Å². The molecule has 0 amide bonds. The fourth-order valence-corrected chi connectivity index (χ4v) is 1.15. The second-order valence-corrected chi connectivity index (χ2v) is 2.81. The Morgan fingerprint density at radius 3 is 2.70 bits per heavy atom. The summed E-state index contributed by atoms with van der Waals surface area (Å²) in [5, 5.41) is 7.85. The van der Waals surface area contributed by atoms with Crippen molar-refractivity contribution in [3.63, 3.8) is 0 Å². The summed E-state index contributed by atoms with van der Waals surface area (Å²) in [6.07, 6.45) is 2.58. The first-order valence-electron chi connectivity index (χ1n) is 4.01. The van der Waals surface area contributed by atoms with E-state index in [2.05, 4.69) is 29.3 Å². The van der Waals surface area contributed by atoms with E-state index >= 15 is 0 Å². The molecule has 1 aliphatic rings. The lowest BCUT2D eigenvalue weighted by Gasteiger charge is -2.21. The number of nitrogens with one attached hydrogen (secondary N) is 1. The van der Waals surface area contributed by atoms with Gasteiger partial charge in [-0.25, -0.2) is 10.0 Å². The topological polar surface area (TPSA) is 18.5 Å². The molecule has 0 saturated carbocycles. The zero-order valence-corrected chi connectivity index (χ0v) is 6.93. The first-order valence-corrected chi connectivity index (χ1v) is 4.01. The van der Waals surface area contributed by atoms with Gasteiger partial charge >= 0.3 is 0 Å². The Kier molecular flexibility index (Phi) is 3.12. The molecule has 0 bridgehead atoms. The minimum atomic E-state index is 1.00. The summed E-state index contributed by atoms with van der Waals surface area (Å²) in [5.41, 5.74) is 0. The molecule has 1 heterocycles. The standard InChI is InChI=1S/C7H17N3/c1-3-4-5-10-7-8-6-9(10)2/h8H,3-7H2,1-2H3. The quantitative estimate of drug-likeness (QED) is 0.619. The lowest BCUT2D eigenvalue weighted by atomic mass is 10.3. The van der Waals surface area contributed by atoms with E-state index in [1.807, 2.05) is 0 Å². The molecule has 60 valence electrons. The highest BCUT2D eigenvalue weighted by molar-refractivity contribution is 4.58. The number of unbranched alkanes of at least 4 members (excludes halogenated alkanes) is 1. The average Bonchev–Trinajstić information content (AvgIpc) is 2.31. The Labute approximate surface area is 63.0 Å². The van der Waals surface area contributed by atoms with Gasteiger partial charge in [-0.2, -0.15) is 0 Å². The second-order valence-electron chi connectivity index (χ2n) is 2.81. The molecule has 1 N–H and O–H groups in total. The lowest BCUT2D eigenvalue weighted by molar-refractivity contribution is 0.0548. The van der Waals surface area contributed by atoms with Crippen LogP contribution < -0.4 is 5.32 Å². The van der Waals surface area contributed by atoms with Crippen molar-refractivity contribution in [3.05, 3.63) is 0 Å². The molecular weight excluding hydrogens is 126 g/mol. The van der Waals surface area contributed by atoms with Crippen LogP contribution in [0.15, 0.2) is 0 Å². The van der Waals surface area contributed by atoms with Gasteiger partial charge < -0.3 is 0 Å². The predicted octanol–water partition coefficient (Wildman–Crippen LogP) is 0.454. The highest BCUT2D eigenvalue weighted by Crippen LogP contribution is 2.00. The fraction of sp³-hybridized carbons (Fsp3) is 1.00. The Morgan fingerprint density at radius 2 is 2.20 bits per heavy atom. The smallest absolute Gasteiger partial charge is 0.0633 e. The zero-order valence-electron chi connectivity index (χ0n) is 6.93. The maximum Gasteiger partial charge on any atom is 0.0633 e. The molecule has 0 aromatic rings. The molecule has 0 aromatic heterocycles. The minimum Gasteiger partial charge on any atom is -0.289 e. The highest BCUT2D eigenvalue weighted by atomic mass is 15.7. The molecule has 3 heteroatoms. The van der Waals surface area contributed by atoms with Crippen molar-refractivity contribution in [1.82, 2.24) is 15.3 Å². The molecule has 10 heavy (non-hydrogen) atoms. The molecule has 0 radical (unpaired) electrons. The van der Waals surface area contributed by atoms with Crippen molar-refractivity contribution in [3.8, 4) is 0 Å². The summed E-state index contributed by atoms with van der Waals surface area (Å²) < 4.78 is 0. The van der Waals surface area contributed by atoms with Crippen molar-refractivity contribution < 1.29 is 0 Å². The molecule has 1 saturated heterocycles. The maximum absolute atomic E-state index is 3.28. The SMILES string of the molecule is CCCCN1CNCN1C. The van der Waals surface area contributed by atoms with Crippen molar-refractivity contribution in [2.45, 2.75) is 19.8 Å². The van der Waals surface area contributed by atoms with Gasteiger partial charge in [-0.15, -0.1) is 0 Å². The fourth-order valence-electron chi connectivity index (χ4n) is 1.15. The summed E-state index contributed by atoms with van der Waals surface area (Å²) in [7, 11) is 2.12. The summed E-state index contributed by atoms with van der Waals surface area (Å²) >= 11 is 0. The van der Waals surface area contributed by atoms with Crippen LogP contribution in [0.3, 0.4) is 0 Å². The first-order chi connectivity index (χ1) is 4.84. The van der Waals surface area contributed by atoms with E-state index in [9.17, 15) is 0 Å². The third-order valence-corrected chi connectivity index (χ3v) is 1.89. The van der Waals surface area contributed by atoms with E-state index < -0.39 is 0 Å². The minimum absolute atomic E-state index is 1.00. The van der Waals surface area contributed by atoms with Crippen LogP contribution in [0.2, 0.25) is 0 Å². The van der Waals surface area contributed by atoms with E-state index in [0.29, 0.717) is 0 Å². The molecule has 1 fully saturated rings. The van der Waals surface area contributed by atoms with Crippen LogP contribution in [0.25, 0.3) is 0 Å². The van der Waals surface area contributed by atoms with E-state index in [0.717, 1.165) is 13.3 Å². The van der Waals surface area contributed by atoms with Gasteiger partial charge in [0, 0.05) is 13.6 Å². The van der Waals surface area contributed by atoms with Crippen LogP contribution in [-0.2, 0) is 0 Å². The zero-order chi connectivity index (χ0) is 7.40. The monoisotopic (exact) mass is 143 g/mol. The van der Waals surface area contributed by atoms with Gasteiger partial charge in [0.1, 0.15) is 0 Å². The molecule has 0 atom stereocenters. The van der Waals surface area contributed by atoms with Crippen molar-refractivity contribution in [1.29, 1.82) is 0 Å². The lowest BCUT2D eigenvalue weighted by Crippen LogP contribution is -2.33. The molecule has 0 aromatic carbocycles. The normalized spacial score (nSPS) is 22.2. The van der Waals surface area contributed by atoms with Crippen LogP contribution in [0.1, 0.15) is 19.8 Å². The van der Waals surface area contributed by atoms with Crippen LogP contribution in [-0.4, -0.2) is 36.9 Å². The number of hydrazine groups is 1. The van der Waals surface area contributed by atoms with Crippen molar-refractivity contribution in [2.24, 2.45) is 0 Å². The summed E-state index contributed by atoms with van der Waals surface area (Å²) in [6, 6.07) is 0. The number of rotatable bonds is 3. The van der Waals surface area contributed by atoms with Gasteiger partial charge in [0.2, 0.25) is 0 Å². The van der Waals surface area contributed by atoms with Crippen molar-refractivity contribution >= 4 is 0 Å². The molecule has 0 unspecified atom stereocenters. The van der Waals surface area contributed by atoms with Gasteiger partial charge in [0.05, 0.1) is 13.3 Å². The summed E-state index contributed by atoms with van der Waals surface area (Å²) in [4.78, 5) is 0. The van der Waals surface area contributed by atoms with E-state index in [1.54, 1.807) is 0 Å². The summed E-state index contributed by atoms with van der Waals surface area (Å²) in [6.45, 7) is 5.45.